The van der Waals surface area contributed by atoms with Gasteiger partial charge in [0.1, 0.15) is 17.4 Å². The third-order valence-corrected chi connectivity index (χ3v) is 4.89. The highest BCUT2D eigenvalue weighted by Gasteiger charge is 2.17. The maximum Gasteiger partial charge on any atom is 0.279 e. The van der Waals surface area contributed by atoms with Crippen molar-refractivity contribution in [3.8, 4) is 11.4 Å². The molecule has 0 radical (unpaired) electrons. The van der Waals surface area contributed by atoms with Gasteiger partial charge >= 0.3 is 0 Å². The van der Waals surface area contributed by atoms with Gasteiger partial charge in [0, 0.05) is 11.3 Å². The predicted molar refractivity (Wildman–Crippen MR) is 118 cm³/mol. The van der Waals surface area contributed by atoms with Gasteiger partial charge in [-0.05, 0) is 68.4 Å². The van der Waals surface area contributed by atoms with Crippen molar-refractivity contribution in [2.45, 2.75) is 20.0 Å². The van der Waals surface area contributed by atoms with Crippen molar-refractivity contribution in [2.24, 2.45) is 0 Å². The van der Waals surface area contributed by atoms with Crippen molar-refractivity contribution in [3.05, 3.63) is 90.0 Å². The number of imidazole rings is 1. The number of fused-ring (bicyclic) bond motifs is 1. The number of nitrogens with zero attached hydrogens (tertiary/aromatic N) is 2. The number of amides is 2. The van der Waals surface area contributed by atoms with Gasteiger partial charge in [-0.1, -0.05) is 18.2 Å². The first kappa shape index (κ1) is 21.0. The average Bonchev–Trinajstić information content (AvgIpc) is 3.14. The number of carbonyl (C=O) groups excluding carboxylic acids is 2. The number of hydrazine groups is 1. The SMILES string of the molecule is Cc1nc2cc(C(=O)NNC(=O)C(C)Oc3ccc(F)cc3)ccc2n1-c1ccccc1. The van der Waals surface area contributed by atoms with Crippen molar-refractivity contribution in [1.29, 1.82) is 0 Å². The molecular weight excluding hydrogens is 411 g/mol. The van der Waals surface area contributed by atoms with Crippen LogP contribution < -0.4 is 15.6 Å². The first-order chi connectivity index (χ1) is 15.4. The molecule has 7 nitrogen and oxygen atoms in total. The van der Waals surface area contributed by atoms with Crippen LogP contribution in [0, 0.1) is 12.7 Å². The largest absolute Gasteiger partial charge is 0.481 e. The van der Waals surface area contributed by atoms with E-state index in [2.05, 4.69) is 15.8 Å². The number of ether oxygens (including phenoxy) is 1. The summed E-state index contributed by atoms with van der Waals surface area (Å²) in [6.45, 7) is 3.42. The van der Waals surface area contributed by atoms with Gasteiger partial charge in [-0.25, -0.2) is 9.37 Å². The van der Waals surface area contributed by atoms with Crippen molar-refractivity contribution in [1.82, 2.24) is 20.4 Å². The van der Waals surface area contributed by atoms with Gasteiger partial charge in [0.2, 0.25) is 0 Å². The molecule has 4 rings (SSSR count). The van der Waals surface area contributed by atoms with Crippen LogP contribution in [0.5, 0.6) is 5.75 Å². The molecule has 1 aromatic heterocycles. The number of para-hydroxylation sites is 1. The summed E-state index contributed by atoms with van der Waals surface area (Å²) in [7, 11) is 0. The van der Waals surface area contributed by atoms with E-state index < -0.39 is 23.7 Å². The van der Waals surface area contributed by atoms with E-state index in [1.807, 2.05) is 47.9 Å². The number of hydrogen-bond acceptors (Lipinski definition) is 4. The van der Waals surface area contributed by atoms with Crippen molar-refractivity contribution in [3.63, 3.8) is 0 Å². The molecule has 1 atom stereocenters. The maximum atomic E-state index is 13.0. The molecule has 3 aromatic carbocycles. The number of halogens is 1. The number of benzene rings is 3. The Hall–Kier alpha value is -4.20. The number of carbonyl (C=O) groups is 2. The molecule has 0 aliphatic rings. The van der Waals surface area contributed by atoms with E-state index in [0.717, 1.165) is 17.0 Å². The molecule has 1 heterocycles. The van der Waals surface area contributed by atoms with Crippen LogP contribution in [0.2, 0.25) is 0 Å². The molecule has 1 unspecified atom stereocenters. The average molecular weight is 432 g/mol. The van der Waals surface area contributed by atoms with Crippen LogP contribution in [0.4, 0.5) is 4.39 Å². The van der Waals surface area contributed by atoms with E-state index in [-0.39, 0.29) is 0 Å². The first-order valence-electron chi connectivity index (χ1n) is 9.99. The Bertz CT molecular complexity index is 1270. The van der Waals surface area contributed by atoms with Crippen molar-refractivity contribution < 1.29 is 18.7 Å². The Morgan fingerprint density at radius 2 is 1.72 bits per heavy atom. The summed E-state index contributed by atoms with van der Waals surface area (Å²) in [6.07, 6.45) is -0.896. The van der Waals surface area contributed by atoms with E-state index in [9.17, 15) is 14.0 Å². The molecule has 0 aliphatic carbocycles. The molecule has 0 aliphatic heterocycles. The molecule has 0 spiro atoms. The van der Waals surface area contributed by atoms with Gasteiger partial charge in [-0.2, -0.15) is 0 Å². The smallest absolute Gasteiger partial charge is 0.279 e. The van der Waals surface area contributed by atoms with Crippen LogP contribution in [0.1, 0.15) is 23.1 Å². The lowest BCUT2D eigenvalue weighted by Crippen LogP contribution is -2.47. The molecule has 0 saturated carbocycles. The summed E-state index contributed by atoms with van der Waals surface area (Å²) in [5.41, 5.74) is 7.58. The Labute approximate surface area is 183 Å². The minimum Gasteiger partial charge on any atom is -0.481 e. The molecule has 0 bridgehead atoms. The summed E-state index contributed by atoms with van der Waals surface area (Å²) < 4.78 is 20.4. The molecule has 162 valence electrons. The second kappa shape index (κ2) is 8.89. The van der Waals surface area contributed by atoms with Gasteiger partial charge in [0.05, 0.1) is 11.0 Å². The van der Waals surface area contributed by atoms with Crippen LogP contribution in [0.15, 0.2) is 72.8 Å². The van der Waals surface area contributed by atoms with E-state index in [1.54, 1.807) is 12.1 Å². The van der Waals surface area contributed by atoms with E-state index in [0.29, 0.717) is 16.8 Å². The molecular formula is C24H21FN4O3. The third-order valence-electron chi connectivity index (χ3n) is 4.89. The highest BCUT2D eigenvalue weighted by molar-refractivity contribution is 5.98. The highest BCUT2D eigenvalue weighted by Crippen LogP contribution is 2.22. The molecule has 0 fully saturated rings. The third kappa shape index (κ3) is 4.44. The number of nitrogens with one attached hydrogen (secondary N) is 2. The molecule has 2 N–H and O–H groups in total. The fourth-order valence-electron chi connectivity index (χ4n) is 3.31. The van der Waals surface area contributed by atoms with E-state index >= 15 is 0 Å². The monoisotopic (exact) mass is 432 g/mol. The van der Waals surface area contributed by atoms with Gasteiger partial charge in [-0.15, -0.1) is 0 Å². The van der Waals surface area contributed by atoms with Gasteiger partial charge in [0.15, 0.2) is 6.10 Å². The van der Waals surface area contributed by atoms with Crippen LogP contribution in [-0.2, 0) is 4.79 Å². The second-order valence-electron chi connectivity index (χ2n) is 7.19. The fraction of sp³-hybridized carbons (Fsp3) is 0.125. The lowest BCUT2D eigenvalue weighted by Gasteiger charge is -2.15. The lowest BCUT2D eigenvalue weighted by atomic mass is 10.2. The quantitative estimate of drug-likeness (QED) is 0.471. The molecule has 8 heteroatoms. The van der Waals surface area contributed by atoms with Crippen molar-refractivity contribution in [2.75, 3.05) is 0 Å². The van der Waals surface area contributed by atoms with Gasteiger partial charge in [0.25, 0.3) is 11.8 Å². The minimum absolute atomic E-state index is 0.343. The summed E-state index contributed by atoms with van der Waals surface area (Å²) in [6, 6.07) is 20.3. The summed E-state index contributed by atoms with van der Waals surface area (Å²) in [5, 5.41) is 0. The Morgan fingerprint density at radius 1 is 1.00 bits per heavy atom. The molecule has 4 aromatic rings. The molecule has 2 amide bonds. The summed E-state index contributed by atoms with van der Waals surface area (Å²) in [5.74, 6) is -0.296. The number of aromatic nitrogens is 2. The minimum atomic E-state index is -0.896. The lowest BCUT2D eigenvalue weighted by molar-refractivity contribution is -0.128. The first-order valence-corrected chi connectivity index (χ1v) is 9.99. The Morgan fingerprint density at radius 3 is 2.44 bits per heavy atom. The zero-order valence-electron chi connectivity index (χ0n) is 17.5. The van der Waals surface area contributed by atoms with Gasteiger partial charge < -0.3 is 4.74 Å². The number of aryl methyl sites for hydroxylation is 1. The normalized spacial score (nSPS) is 11.7. The van der Waals surface area contributed by atoms with Crippen molar-refractivity contribution >= 4 is 22.8 Å². The van der Waals surface area contributed by atoms with Crippen LogP contribution in [0.3, 0.4) is 0 Å². The standard InChI is InChI=1S/C24H21FN4O3/c1-15(32-20-11-9-18(25)10-12-20)23(30)27-28-24(31)17-8-13-22-21(14-17)26-16(2)29(22)19-6-4-3-5-7-19/h3-15H,1-2H3,(H,27,30)(H,28,31). The highest BCUT2D eigenvalue weighted by atomic mass is 19.1. The van der Waals surface area contributed by atoms with E-state index in [4.69, 9.17) is 4.74 Å². The Balaban J connectivity index is 1.42. The summed E-state index contributed by atoms with van der Waals surface area (Å²) in [4.78, 5) is 29.3. The topological polar surface area (TPSA) is 85.2 Å². The zero-order valence-corrected chi connectivity index (χ0v) is 17.5. The van der Waals surface area contributed by atoms with Gasteiger partial charge in [-0.3, -0.25) is 25.0 Å². The van der Waals surface area contributed by atoms with Crippen LogP contribution in [0.25, 0.3) is 16.7 Å². The predicted octanol–water partition coefficient (Wildman–Crippen LogP) is 3.70. The second-order valence-corrected chi connectivity index (χ2v) is 7.19. The number of rotatable bonds is 5. The fourth-order valence-corrected chi connectivity index (χ4v) is 3.31. The maximum absolute atomic E-state index is 13.0. The van der Waals surface area contributed by atoms with Crippen LogP contribution in [-0.4, -0.2) is 27.5 Å². The molecule has 32 heavy (non-hydrogen) atoms. The van der Waals surface area contributed by atoms with E-state index in [1.165, 1.54) is 31.2 Å². The zero-order chi connectivity index (χ0) is 22.7. The van der Waals surface area contributed by atoms with Crippen LogP contribution >= 0.6 is 0 Å². The summed E-state index contributed by atoms with van der Waals surface area (Å²) >= 11 is 0. The Kier molecular flexibility index (Phi) is 5.85. The number of hydrogen-bond donors (Lipinski definition) is 2. The molecule has 0 saturated heterocycles.